The van der Waals surface area contributed by atoms with E-state index in [0.717, 1.165) is 16.7 Å². The SMILES string of the molecule is O=C(c1cc(F)cc(F)c1)n1ccnc1. The van der Waals surface area contributed by atoms with Crippen LogP contribution in [-0.4, -0.2) is 15.5 Å². The van der Waals surface area contributed by atoms with Crippen molar-refractivity contribution in [2.75, 3.05) is 0 Å². The topological polar surface area (TPSA) is 34.9 Å². The van der Waals surface area contributed by atoms with E-state index >= 15 is 0 Å². The van der Waals surface area contributed by atoms with Gasteiger partial charge in [-0.2, -0.15) is 0 Å². The normalized spacial score (nSPS) is 10.3. The van der Waals surface area contributed by atoms with E-state index in [1.807, 2.05) is 0 Å². The molecule has 0 aliphatic rings. The van der Waals surface area contributed by atoms with Gasteiger partial charge in [0.1, 0.15) is 18.0 Å². The van der Waals surface area contributed by atoms with Gasteiger partial charge in [-0.05, 0) is 12.1 Å². The summed E-state index contributed by atoms with van der Waals surface area (Å²) >= 11 is 0. The van der Waals surface area contributed by atoms with E-state index in [0.29, 0.717) is 6.07 Å². The lowest BCUT2D eigenvalue weighted by Crippen LogP contribution is -2.10. The summed E-state index contributed by atoms with van der Waals surface area (Å²) in [7, 11) is 0. The number of aromatic nitrogens is 2. The molecule has 0 radical (unpaired) electrons. The van der Waals surface area contributed by atoms with Crippen LogP contribution in [0.5, 0.6) is 0 Å². The van der Waals surface area contributed by atoms with Crippen LogP contribution < -0.4 is 0 Å². The summed E-state index contributed by atoms with van der Waals surface area (Å²) in [5.74, 6) is -2.08. The van der Waals surface area contributed by atoms with Crippen LogP contribution in [0.3, 0.4) is 0 Å². The molecule has 0 saturated carbocycles. The monoisotopic (exact) mass is 208 g/mol. The van der Waals surface area contributed by atoms with Crippen LogP contribution in [0.4, 0.5) is 8.78 Å². The summed E-state index contributed by atoms with van der Waals surface area (Å²) < 4.78 is 26.8. The molecule has 1 aromatic heterocycles. The fourth-order valence-electron chi connectivity index (χ4n) is 1.21. The minimum absolute atomic E-state index is 0.0505. The summed E-state index contributed by atoms with van der Waals surface area (Å²) in [6, 6.07) is 2.67. The molecular weight excluding hydrogens is 202 g/mol. The van der Waals surface area contributed by atoms with Gasteiger partial charge in [0.25, 0.3) is 5.91 Å². The predicted octanol–water partition coefficient (Wildman–Crippen LogP) is 1.85. The molecule has 0 N–H and O–H groups in total. The fourth-order valence-corrected chi connectivity index (χ4v) is 1.21. The molecule has 0 saturated heterocycles. The number of rotatable bonds is 1. The second-order valence-corrected chi connectivity index (χ2v) is 2.93. The Morgan fingerprint density at radius 1 is 1.20 bits per heavy atom. The van der Waals surface area contributed by atoms with Crippen molar-refractivity contribution in [3.8, 4) is 0 Å². The van der Waals surface area contributed by atoms with E-state index in [4.69, 9.17) is 0 Å². The number of benzene rings is 1. The van der Waals surface area contributed by atoms with Crippen molar-refractivity contribution < 1.29 is 13.6 Å². The average molecular weight is 208 g/mol. The van der Waals surface area contributed by atoms with E-state index < -0.39 is 17.5 Å². The highest BCUT2D eigenvalue weighted by Gasteiger charge is 2.10. The molecule has 0 atom stereocenters. The highest BCUT2D eigenvalue weighted by molar-refractivity contribution is 5.95. The van der Waals surface area contributed by atoms with Crippen molar-refractivity contribution >= 4 is 5.91 Å². The first-order chi connectivity index (χ1) is 7.16. The molecule has 0 amide bonds. The Morgan fingerprint density at radius 2 is 1.87 bits per heavy atom. The largest absolute Gasteiger partial charge is 0.272 e. The first kappa shape index (κ1) is 9.51. The number of hydrogen-bond donors (Lipinski definition) is 0. The molecule has 0 fully saturated rings. The van der Waals surface area contributed by atoms with Gasteiger partial charge in [-0.15, -0.1) is 0 Å². The quantitative estimate of drug-likeness (QED) is 0.716. The maximum atomic E-state index is 12.8. The van der Waals surface area contributed by atoms with Crippen LogP contribution in [0.25, 0.3) is 0 Å². The van der Waals surface area contributed by atoms with E-state index in [1.165, 1.54) is 18.7 Å². The van der Waals surface area contributed by atoms with Gasteiger partial charge >= 0.3 is 0 Å². The number of carbonyl (C=O) groups excluding carboxylic acids is 1. The summed E-state index contributed by atoms with van der Waals surface area (Å²) in [5, 5.41) is 0. The molecule has 5 heteroatoms. The second kappa shape index (κ2) is 3.61. The molecule has 1 aromatic carbocycles. The Kier molecular flexibility index (Phi) is 2.29. The minimum Gasteiger partial charge on any atom is -0.272 e. The highest BCUT2D eigenvalue weighted by atomic mass is 19.1. The third-order valence-electron chi connectivity index (χ3n) is 1.85. The summed E-state index contributed by atoms with van der Waals surface area (Å²) in [6.45, 7) is 0. The maximum absolute atomic E-state index is 12.8. The lowest BCUT2D eigenvalue weighted by molar-refractivity contribution is 0.0959. The van der Waals surface area contributed by atoms with Crippen molar-refractivity contribution in [3.63, 3.8) is 0 Å². The summed E-state index contributed by atoms with van der Waals surface area (Å²) in [6.07, 6.45) is 4.09. The predicted molar refractivity (Wildman–Crippen MR) is 48.3 cm³/mol. The maximum Gasteiger partial charge on any atom is 0.263 e. The van der Waals surface area contributed by atoms with Gasteiger partial charge in [-0.3, -0.25) is 9.36 Å². The van der Waals surface area contributed by atoms with Gasteiger partial charge in [0.15, 0.2) is 0 Å². The molecule has 3 nitrogen and oxygen atoms in total. The fraction of sp³-hybridized carbons (Fsp3) is 0. The zero-order valence-electron chi connectivity index (χ0n) is 7.52. The van der Waals surface area contributed by atoms with Crippen LogP contribution in [0.2, 0.25) is 0 Å². The van der Waals surface area contributed by atoms with Crippen LogP contribution in [-0.2, 0) is 0 Å². The third kappa shape index (κ3) is 1.90. The van der Waals surface area contributed by atoms with Gasteiger partial charge in [0, 0.05) is 24.0 Å². The van der Waals surface area contributed by atoms with Gasteiger partial charge in [-0.25, -0.2) is 13.8 Å². The first-order valence-electron chi connectivity index (χ1n) is 4.15. The van der Waals surface area contributed by atoms with E-state index in [-0.39, 0.29) is 5.56 Å². The van der Waals surface area contributed by atoms with Crippen molar-refractivity contribution in [3.05, 3.63) is 54.1 Å². The molecule has 0 bridgehead atoms. The first-order valence-corrected chi connectivity index (χ1v) is 4.15. The average Bonchev–Trinajstić information content (AvgIpc) is 2.67. The number of halogens is 2. The third-order valence-corrected chi connectivity index (χ3v) is 1.85. The highest BCUT2D eigenvalue weighted by Crippen LogP contribution is 2.09. The zero-order valence-corrected chi connectivity index (χ0v) is 7.52. The molecule has 1 heterocycles. The molecule has 0 aliphatic heterocycles. The summed E-state index contributed by atoms with van der Waals surface area (Å²) in [5.41, 5.74) is -0.0505. The van der Waals surface area contributed by atoms with E-state index in [1.54, 1.807) is 0 Å². The molecule has 0 aliphatic carbocycles. The Morgan fingerprint density at radius 3 is 2.40 bits per heavy atom. The zero-order chi connectivity index (χ0) is 10.8. The van der Waals surface area contributed by atoms with Gasteiger partial charge in [0.05, 0.1) is 0 Å². The van der Waals surface area contributed by atoms with E-state index in [9.17, 15) is 13.6 Å². The summed E-state index contributed by atoms with van der Waals surface area (Å²) in [4.78, 5) is 15.3. The van der Waals surface area contributed by atoms with Crippen LogP contribution in [0, 0.1) is 11.6 Å². The number of imidazole rings is 1. The molecular formula is C10H6F2N2O. The Labute approximate surface area is 84.0 Å². The van der Waals surface area contributed by atoms with Gasteiger partial charge < -0.3 is 0 Å². The van der Waals surface area contributed by atoms with E-state index in [2.05, 4.69) is 4.98 Å². The molecule has 2 rings (SSSR count). The van der Waals surface area contributed by atoms with Crippen molar-refractivity contribution in [2.24, 2.45) is 0 Å². The van der Waals surface area contributed by atoms with Crippen LogP contribution >= 0.6 is 0 Å². The number of nitrogens with zero attached hydrogens (tertiary/aromatic N) is 2. The minimum atomic E-state index is -0.779. The molecule has 0 spiro atoms. The Bertz CT molecular complexity index is 474. The molecule has 0 unspecified atom stereocenters. The van der Waals surface area contributed by atoms with Gasteiger partial charge in [0.2, 0.25) is 0 Å². The van der Waals surface area contributed by atoms with Crippen LogP contribution in [0.15, 0.2) is 36.9 Å². The molecule has 2 aromatic rings. The lowest BCUT2D eigenvalue weighted by Gasteiger charge is -2.01. The Balaban J connectivity index is 2.42. The number of hydrogen-bond acceptors (Lipinski definition) is 2. The smallest absolute Gasteiger partial charge is 0.263 e. The number of carbonyl (C=O) groups is 1. The molecule has 15 heavy (non-hydrogen) atoms. The van der Waals surface area contributed by atoms with Crippen molar-refractivity contribution in [1.29, 1.82) is 0 Å². The molecule has 76 valence electrons. The van der Waals surface area contributed by atoms with Crippen LogP contribution in [0.1, 0.15) is 10.4 Å². The lowest BCUT2D eigenvalue weighted by atomic mass is 10.2. The van der Waals surface area contributed by atoms with Crippen molar-refractivity contribution in [2.45, 2.75) is 0 Å². The van der Waals surface area contributed by atoms with Gasteiger partial charge in [-0.1, -0.05) is 0 Å². The second-order valence-electron chi connectivity index (χ2n) is 2.93. The Hall–Kier alpha value is -2.04. The standard InChI is InChI=1S/C10H6F2N2O/c11-8-3-7(4-9(12)5-8)10(15)14-2-1-13-6-14/h1-6H. The van der Waals surface area contributed by atoms with Crippen molar-refractivity contribution in [1.82, 2.24) is 9.55 Å².